The molecule has 4 amide bonds. The Labute approximate surface area is 504 Å². The first-order valence-corrected chi connectivity index (χ1v) is 32.4. The third kappa shape index (κ3) is 13.2. The van der Waals surface area contributed by atoms with E-state index in [1.54, 1.807) is 0 Å². The zero-order valence-corrected chi connectivity index (χ0v) is 51.4. The second-order valence-electron chi connectivity index (χ2n) is 22.5. The average molecular weight is 1160 g/mol. The van der Waals surface area contributed by atoms with Gasteiger partial charge in [0.15, 0.2) is 0 Å². The molecule has 2 unspecified atom stereocenters. The number of ether oxygens (including phenoxy) is 2. The van der Waals surface area contributed by atoms with Crippen LogP contribution in [0.15, 0.2) is 97.1 Å². The van der Waals surface area contributed by atoms with Crippen molar-refractivity contribution >= 4 is 91.1 Å². The topological polar surface area (TPSA) is 141 Å². The smallest absolute Gasteiger partial charge is 0.261 e. The molecule has 10 nitrogen and oxygen atoms in total. The van der Waals surface area contributed by atoms with E-state index in [-0.39, 0.29) is 35.5 Å². The molecule has 0 N–H and O–H groups in total. The van der Waals surface area contributed by atoms with Gasteiger partial charge in [-0.25, -0.2) is 0 Å². The summed E-state index contributed by atoms with van der Waals surface area (Å²) in [7, 11) is 0. The van der Waals surface area contributed by atoms with Crippen LogP contribution >= 0.6 is 22.7 Å². The summed E-state index contributed by atoms with van der Waals surface area (Å²) in [6.07, 6.45) is 19.7. The molecule has 2 aliphatic heterocycles. The zero-order valence-electron chi connectivity index (χ0n) is 49.7. The number of allylic oxidation sites excluding steroid dienone is 2. The molecular weight excluding hydrogens is 1080 g/mol. The molecule has 0 fully saturated rings. The van der Waals surface area contributed by atoms with Gasteiger partial charge in [0.1, 0.15) is 23.6 Å². The summed E-state index contributed by atoms with van der Waals surface area (Å²) in [6, 6.07) is 35.7. The number of hydrogen-bond acceptors (Lipinski definition) is 10. The van der Waals surface area contributed by atoms with Crippen molar-refractivity contribution in [1.29, 1.82) is 10.5 Å². The number of amides is 4. The van der Waals surface area contributed by atoms with E-state index in [2.05, 4.69) is 53.7 Å². The SMILES string of the molecule is CCCCCCOc1cc(/C=C(\C#N)c2ccc(-c3ccc4c5c(cccc35)C(=O)N(CC(CC)CCCC)C4=O)s2)c(OCCCCCC)cc1/C=C(\C#N)c1ccc(-c2ccc3c4c(cccc24)C(=O)N(CC(CC)CCCC)C3=O)s1. The number of carbonyl (C=O) groups excluding carboxylic acids is 4. The third-order valence-electron chi connectivity index (χ3n) is 16.7. The molecule has 0 saturated heterocycles. The molecule has 0 aliphatic carbocycles. The van der Waals surface area contributed by atoms with E-state index in [4.69, 9.17) is 9.47 Å². The van der Waals surface area contributed by atoms with Crippen LogP contribution in [0, 0.1) is 34.5 Å². The van der Waals surface area contributed by atoms with Crippen LogP contribution in [-0.2, 0) is 0 Å². The van der Waals surface area contributed by atoms with Crippen molar-refractivity contribution < 1.29 is 28.7 Å². The van der Waals surface area contributed by atoms with Gasteiger partial charge in [-0.1, -0.05) is 155 Å². The van der Waals surface area contributed by atoms with E-state index in [1.807, 2.05) is 109 Å². The Morgan fingerprint density at radius 1 is 0.476 bits per heavy atom. The van der Waals surface area contributed by atoms with Crippen LogP contribution < -0.4 is 9.47 Å². The molecule has 0 spiro atoms. The number of nitriles is 2. The minimum atomic E-state index is -0.254. The molecule has 9 rings (SSSR count). The van der Waals surface area contributed by atoms with Crippen LogP contribution in [0.5, 0.6) is 11.5 Å². The summed E-state index contributed by atoms with van der Waals surface area (Å²) < 4.78 is 13.3. The van der Waals surface area contributed by atoms with Crippen molar-refractivity contribution in [2.45, 2.75) is 144 Å². The Bertz CT molecular complexity index is 3430. The van der Waals surface area contributed by atoms with Crippen molar-refractivity contribution in [3.63, 3.8) is 0 Å². The van der Waals surface area contributed by atoms with Gasteiger partial charge in [0.25, 0.3) is 23.6 Å². The highest BCUT2D eigenvalue weighted by atomic mass is 32.1. The lowest BCUT2D eigenvalue weighted by Gasteiger charge is -2.30. The number of carbonyl (C=O) groups is 4. The lowest BCUT2D eigenvalue weighted by atomic mass is 9.89. The summed E-state index contributed by atoms with van der Waals surface area (Å²) in [4.78, 5) is 62.6. The summed E-state index contributed by atoms with van der Waals surface area (Å²) in [5.41, 5.74) is 6.07. The molecule has 7 aromatic rings. The number of nitrogens with zero attached hydrogens (tertiary/aromatic N) is 4. The van der Waals surface area contributed by atoms with Gasteiger partial charge in [-0.05, 0) is 132 Å². The Hall–Kier alpha value is -7.64. The third-order valence-corrected chi connectivity index (χ3v) is 19.0. The Kier molecular flexibility index (Phi) is 20.9. The highest BCUT2D eigenvalue weighted by molar-refractivity contribution is 7.17. The van der Waals surface area contributed by atoms with E-state index in [0.717, 1.165) is 144 Å². The Balaban J connectivity index is 1.05. The number of imide groups is 2. The molecule has 2 aliphatic rings. The molecular formula is C72H78N4O6S2. The number of unbranched alkanes of at least 4 members (excludes halogenated alkanes) is 8. The van der Waals surface area contributed by atoms with Gasteiger partial charge >= 0.3 is 0 Å². The summed E-state index contributed by atoms with van der Waals surface area (Å²) in [6.45, 7) is 14.6. The Morgan fingerprint density at radius 3 is 1.23 bits per heavy atom. The van der Waals surface area contributed by atoms with Crippen LogP contribution in [0.4, 0.5) is 0 Å². The summed E-state index contributed by atoms with van der Waals surface area (Å²) in [5, 5.41) is 24.9. The number of benzene rings is 5. The summed E-state index contributed by atoms with van der Waals surface area (Å²) in [5.74, 6) is 0.591. The predicted octanol–water partition coefficient (Wildman–Crippen LogP) is 19.1. The average Bonchev–Trinajstić information content (AvgIpc) is 1.12. The fourth-order valence-corrected chi connectivity index (χ4v) is 13.8. The van der Waals surface area contributed by atoms with Gasteiger partial charge in [-0.2, -0.15) is 10.5 Å². The van der Waals surface area contributed by atoms with E-state index >= 15 is 0 Å². The first-order valence-electron chi connectivity index (χ1n) is 30.7. The molecule has 434 valence electrons. The van der Waals surface area contributed by atoms with Crippen molar-refractivity contribution in [1.82, 2.24) is 9.80 Å². The van der Waals surface area contributed by atoms with E-state index in [0.29, 0.717) is 93.1 Å². The molecule has 0 saturated carbocycles. The van der Waals surface area contributed by atoms with Gasteiger partial charge in [0.05, 0.1) is 24.4 Å². The second kappa shape index (κ2) is 28.8. The van der Waals surface area contributed by atoms with Crippen molar-refractivity contribution in [2.24, 2.45) is 11.8 Å². The molecule has 2 atom stereocenters. The fourth-order valence-electron chi connectivity index (χ4n) is 11.8. The molecule has 2 aromatic heterocycles. The quantitative estimate of drug-likeness (QED) is 0.0246. The van der Waals surface area contributed by atoms with Gasteiger partial charge < -0.3 is 9.47 Å². The van der Waals surface area contributed by atoms with Crippen molar-refractivity contribution in [3.05, 3.63) is 140 Å². The van der Waals surface area contributed by atoms with Gasteiger partial charge in [-0.15, -0.1) is 22.7 Å². The van der Waals surface area contributed by atoms with Crippen LogP contribution in [0.2, 0.25) is 0 Å². The minimum absolute atomic E-state index is 0.243. The minimum Gasteiger partial charge on any atom is -0.493 e. The van der Waals surface area contributed by atoms with Crippen LogP contribution in [0.25, 0.3) is 65.7 Å². The lowest BCUT2D eigenvalue weighted by Crippen LogP contribution is -2.43. The van der Waals surface area contributed by atoms with Crippen LogP contribution in [0.3, 0.4) is 0 Å². The number of thiophene rings is 2. The molecule has 0 radical (unpaired) electrons. The van der Waals surface area contributed by atoms with E-state index < -0.39 is 0 Å². The highest BCUT2D eigenvalue weighted by Gasteiger charge is 2.36. The predicted molar refractivity (Wildman–Crippen MR) is 345 cm³/mol. The molecule has 4 heterocycles. The zero-order chi connectivity index (χ0) is 59.3. The maximum Gasteiger partial charge on any atom is 0.261 e. The first kappa shape index (κ1) is 60.9. The molecule has 0 bridgehead atoms. The second-order valence-corrected chi connectivity index (χ2v) is 24.6. The Morgan fingerprint density at radius 2 is 0.857 bits per heavy atom. The first-order chi connectivity index (χ1) is 41.0. The number of rotatable bonds is 30. The summed E-state index contributed by atoms with van der Waals surface area (Å²) >= 11 is 2.95. The van der Waals surface area contributed by atoms with E-state index in [9.17, 15) is 29.7 Å². The molecule has 84 heavy (non-hydrogen) atoms. The maximum atomic E-state index is 14.1. The van der Waals surface area contributed by atoms with Crippen LogP contribution in [0.1, 0.15) is 207 Å². The molecule has 5 aromatic carbocycles. The van der Waals surface area contributed by atoms with Crippen molar-refractivity contribution in [2.75, 3.05) is 26.3 Å². The van der Waals surface area contributed by atoms with Gasteiger partial charge in [0, 0.05) is 76.8 Å². The normalized spacial score (nSPS) is 14.1. The van der Waals surface area contributed by atoms with Crippen LogP contribution in [-0.4, -0.2) is 59.7 Å². The van der Waals surface area contributed by atoms with Gasteiger partial charge in [-0.3, -0.25) is 29.0 Å². The lowest BCUT2D eigenvalue weighted by molar-refractivity contribution is 0.0565. The van der Waals surface area contributed by atoms with Gasteiger partial charge in [0.2, 0.25) is 0 Å². The largest absolute Gasteiger partial charge is 0.493 e. The monoisotopic (exact) mass is 1160 g/mol. The molecule has 12 heteroatoms. The number of hydrogen-bond donors (Lipinski definition) is 0. The van der Waals surface area contributed by atoms with E-state index in [1.165, 1.54) is 32.5 Å². The standard InChI is InChI=1S/C72H78N4O6S2/c1-7-13-17-19-37-81-61-41-50(40-52(44-74)64-34-36-66(84-64)54-30-32-60-68-56(54)26-22-28-58(68)70(78)76(72(60)80)46-48(12-6)24-16-10-4)62(82-38-20-18-14-8-2)42-49(61)39-51(43-73)63-33-35-65(83-63)53-29-31-59-67-55(53)25-21-27-57(67)69(77)75(71(59)79)45-47(11-5)23-15-9-3/h21-22,25-36,39-42,47-48H,7-20,23-24,37-38,45-46H2,1-6H3/b51-39+,52-40+. The fraction of sp³-hybridized carbons (Fsp3) is 0.389. The highest BCUT2D eigenvalue weighted by Crippen LogP contribution is 2.44. The maximum absolute atomic E-state index is 14.1. The van der Waals surface area contributed by atoms with Crippen molar-refractivity contribution in [3.8, 4) is 44.5 Å².